The van der Waals surface area contributed by atoms with Crippen LogP contribution in [0.4, 0.5) is 0 Å². The van der Waals surface area contributed by atoms with Gasteiger partial charge in [0.2, 0.25) is 0 Å². The first kappa shape index (κ1) is 14.3. The Labute approximate surface area is 112 Å². The van der Waals surface area contributed by atoms with Crippen LogP contribution in [-0.4, -0.2) is 50.3 Å². The largest absolute Gasteiger partial charge is 0.377 e. The van der Waals surface area contributed by atoms with E-state index in [1.54, 1.807) is 0 Å². The zero-order valence-electron chi connectivity index (χ0n) is 12.2. The molecule has 0 aromatic heterocycles. The standard InChI is InChI=1S/C15H30N2O/c1-3-18-14-7-5-10-17(12-14)11-9-13-6-4-8-15(13)16-2/h13-16H,3-12H2,1-2H3. The van der Waals surface area contributed by atoms with E-state index in [4.69, 9.17) is 4.74 Å². The Hall–Kier alpha value is -0.120. The molecule has 2 rings (SSSR count). The third kappa shape index (κ3) is 3.94. The predicted molar refractivity (Wildman–Crippen MR) is 75.9 cm³/mol. The Balaban J connectivity index is 1.69. The predicted octanol–water partition coefficient (Wildman–Crippen LogP) is 2.27. The van der Waals surface area contributed by atoms with E-state index in [2.05, 4.69) is 24.2 Å². The average molecular weight is 254 g/mol. The van der Waals surface area contributed by atoms with Gasteiger partial charge in [0.05, 0.1) is 6.10 Å². The number of rotatable bonds is 6. The van der Waals surface area contributed by atoms with Gasteiger partial charge in [-0.1, -0.05) is 6.42 Å². The van der Waals surface area contributed by atoms with E-state index < -0.39 is 0 Å². The summed E-state index contributed by atoms with van der Waals surface area (Å²) in [5.74, 6) is 0.905. The van der Waals surface area contributed by atoms with Crippen LogP contribution in [0.3, 0.4) is 0 Å². The highest BCUT2D eigenvalue weighted by Gasteiger charge is 2.27. The minimum atomic E-state index is 0.493. The van der Waals surface area contributed by atoms with Crippen LogP contribution >= 0.6 is 0 Å². The quantitative estimate of drug-likeness (QED) is 0.787. The Morgan fingerprint density at radius 1 is 1.22 bits per heavy atom. The number of piperidine rings is 1. The summed E-state index contributed by atoms with van der Waals surface area (Å²) < 4.78 is 5.77. The molecular weight excluding hydrogens is 224 g/mol. The van der Waals surface area contributed by atoms with Crippen LogP contribution in [0.2, 0.25) is 0 Å². The zero-order valence-corrected chi connectivity index (χ0v) is 12.2. The molecule has 1 saturated carbocycles. The monoisotopic (exact) mass is 254 g/mol. The number of likely N-dealkylation sites (tertiary alicyclic amines) is 1. The third-order valence-electron chi connectivity index (χ3n) is 4.71. The highest BCUT2D eigenvalue weighted by atomic mass is 16.5. The van der Waals surface area contributed by atoms with Gasteiger partial charge in [-0.05, 0) is 65.1 Å². The van der Waals surface area contributed by atoms with Crippen LogP contribution in [0.15, 0.2) is 0 Å². The van der Waals surface area contributed by atoms with E-state index in [1.807, 2.05) is 0 Å². The van der Waals surface area contributed by atoms with Gasteiger partial charge in [-0.15, -0.1) is 0 Å². The van der Waals surface area contributed by atoms with E-state index in [-0.39, 0.29) is 0 Å². The van der Waals surface area contributed by atoms with Crippen molar-refractivity contribution in [2.75, 3.05) is 33.3 Å². The minimum Gasteiger partial charge on any atom is -0.377 e. The lowest BCUT2D eigenvalue weighted by Gasteiger charge is -2.33. The first-order chi connectivity index (χ1) is 8.83. The molecule has 1 aliphatic heterocycles. The summed E-state index contributed by atoms with van der Waals surface area (Å²) in [4.78, 5) is 2.62. The lowest BCUT2D eigenvalue weighted by Crippen LogP contribution is -2.41. The summed E-state index contributed by atoms with van der Waals surface area (Å²) in [6, 6.07) is 0.775. The van der Waals surface area contributed by atoms with Crippen LogP contribution in [0.25, 0.3) is 0 Å². The molecule has 2 aliphatic rings. The first-order valence-corrected chi connectivity index (χ1v) is 7.84. The molecular formula is C15H30N2O. The second-order valence-electron chi connectivity index (χ2n) is 5.90. The summed E-state index contributed by atoms with van der Waals surface area (Å²) in [7, 11) is 2.12. The molecule has 0 spiro atoms. The van der Waals surface area contributed by atoms with E-state index in [9.17, 15) is 0 Å². The molecule has 0 aromatic rings. The molecule has 0 radical (unpaired) electrons. The molecule has 3 heteroatoms. The van der Waals surface area contributed by atoms with Crippen LogP contribution in [-0.2, 0) is 4.74 Å². The Kier molecular flexibility index (Phi) is 5.93. The second-order valence-corrected chi connectivity index (χ2v) is 5.90. The minimum absolute atomic E-state index is 0.493. The number of nitrogens with one attached hydrogen (secondary N) is 1. The molecule has 0 amide bonds. The summed E-state index contributed by atoms with van der Waals surface area (Å²) in [5.41, 5.74) is 0. The molecule has 106 valence electrons. The number of nitrogens with zero attached hydrogens (tertiary/aromatic N) is 1. The zero-order chi connectivity index (χ0) is 12.8. The van der Waals surface area contributed by atoms with E-state index in [0.29, 0.717) is 6.10 Å². The molecule has 1 saturated heterocycles. The highest BCUT2D eigenvalue weighted by Crippen LogP contribution is 2.28. The van der Waals surface area contributed by atoms with Gasteiger partial charge in [0.25, 0.3) is 0 Å². The SMILES string of the molecule is CCOC1CCCN(CCC2CCCC2NC)C1. The lowest BCUT2D eigenvalue weighted by atomic mass is 9.98. The first-order valence-electron chi connectivity index (χ1n) is 7.84. The van der Waals surface area contributed by atoms with Crippen molar-refractivity contribution in [3.63, 3.8) is 0 Å². The van der Waals surface area contributed by atoms with Gasteiger partial charge in [0, 0.05) is 19.2 Å². The van der Waals surface area contributed by atoms with Crippen LogP contribution < -0.4 is 5.32 Å². The Bertz CT molecular complexity index is 233. The Morgan fingerprint density at radius 3 is 2.89 bits per heavy atom. The van der Waals surface area contributed by atoms with Gasteiger partial charge < -0.3 is 15.0 Å². The fourth-order valence-corrected chi connectivity index (χ4v) is 3.70. The number of ether oxygens (including phenoxy) is 1. The summed E-state index contributed by atoms with van der Waals surface area (Å²) in [6.45, 7) is 6.68. The van der Waals surface area contributed by atoms with Crippen molar-refractivity contribution < 1.29 is 4.74 Å². The van der Waals surface area contributed by atoms with Gasteiger partial charge in [0.15, 0.2) is 0 Å². The lowest BCUT2D eigenvalue weighted by molar-refractivity contribution is 0.00446. The summed E-state index contributed by atoms with van der Waals surface area (Å²) in [6.07, 6.45) is 8.64. The fraction of sp³-hybridized carbons (Fsp3) is 1.00. The molecule has 1 N–H and O–H groups in total. The Morgan fingerprint density at radius 2 is 2.11 bits per heavy atom. The van der Waals surface area contributed by atoms with Crippen LogP contribution in [0.5, 0.6) is 0 Å². The van der Waals surface area contributed by atoms with Crippen molar-refractivity contribution in [3.05, 3.63) is 0 Å². The molecule has 2 fully saturated rings. The maximum Gasteiger partial charge on any atom is 0.0702 e. The topological polar surface area (TPSA) is 24.5 Å². The molecule has 0 aromatic carbocycles. The maximum atomic E-state index is 5.77. The molecule has 3 atom stereocenters. The van der Waals surface area contributed by atoms with E-state index in [0.717, 1.165) is 25.1 Å². The van der Waals surface area contributed by atoms with E-state index in [1.165, 1.54) is 51.6 Å². The smallest absolute Gasteiger partial charge is 0.0702 e. The molecule has 18 heavy (non-hydrogen) atoms. The van der Waals surface area contributed by atoms with Crippen molar-refractivity contribution in [2.24, 2.45) is 5.92 Å². The normalized spacial score (nSPS) is 34.0. The van der Waals surface area contributed by atoms with Crippen molar-refractivity contribution in [2.45, 2.75) is 57.6 Å². The van der Waals surface area contributed by atoms with Gasteiger partial charge >= 0.3 is 0 Å². The maximum absolute atomic E-state index is 5.77. The molecule has 3 unspecified atom stereocenters. The van der Waals surface area contributed by atoms with E-state index >= 15 is 0 Å². The van der Waals surface area contributed by atoms with Gasteiger partial charge in [-0.3, -0.25) is 0 Å². The molecule has 3 nitrogen and oxygen atoms in total. The van der Waals surface area contributed by atoms with Crippen molar-refractivity contribution in [1.82, 2.24) is 10.2 Å². The van der Waals surface area contributed by atoms with Gasteiger partial charge in [0.1, 0.15) is 0 Å². The highest BCUT2D eigenvalue weighted by molar-refractivity contribution is 4.83. The second kappa shape index (κ2) is 7.46. The van der Waals surface area contributed by atoms with Gasteiger partial charge in [-0.2, -0.15) is 0 Å². The average Bonchev–Trinajstić information content (AvgIpc) is 2.84. The molecule has 1 heterocycles. The number of hydrogen-bond donors (Lipinski definition) is 1. The number of hydrogen-bond acceptors (Lipinski definition) is 3. The molecule has 0 bridgehead atoms. The van der Waals surface area contributed by atoms with Crippen molar-refractivity contribution >= 4 is 0 Å². The fourth-order valence-electron chi connectivity index (χ4n) is 3.70. The third-order valence-corrected chi connectivity index (χ3v) is 4.71. The van der Waals surface area contributed by atoms with Gasteiger partial charge in [-0.25, -0.2) is 0 Å². The van der Waals surface area contributed by atoms with Crippen LogP contribution in [0.1, 0.15) is 45.4 Å². The van der Waals surface area contributed by atoms with Crippen LogP contribution in [0, 0.1) is 5.92 Å². The summed E-state index contributed by atoms with van der Waals surface area (Å²) in [5, 5.41) is 3.49. The summed E-state index contributed by atoms with van der Waals surface area (Å²) >= 11 is 0. The molecule has 1 aliphatic carbocycles. The van der Waals surface area contributed by atoms with Crippen molar-refractivity contribution in [3.8, 4) is 0 Å². The van der Waals surface area contributed by atoms with Crippen molar-refractivity contribution in [1.29, 1.82) is 0 Å².